The molecule has 1 aliphatic rings. The SMILES string of the molecule is NC(=O)C1CCCCN1C(=O)c1ccc(N)cc1. The van der Waals surface area contributed by atoms with E-state index in [-0.39, 0.29) is 5.91 Å². The molecule has 1 fully saturated rings. The molecule has 0 aliphatic carbocycles. The second-order valence-electron chi connectivity index (χ2n) is 4.53. The number of hydrogen-bond acceptors (Lipinski definition) is 3. The van der Waals surface area contributed by atoms with Gasteiger partial charge in [-0.1, -0.05) is 0 Å². The Morgan fingerprint density at radius 3 is 2.44 bits per heavy atom. The molecule has 1 atom stereocenters. The normalized spacial score (nSPS) is 19.6. The molecule has 5 nitrogen and oxygen atoms in total. The predicted octanol–water partition coefficient (Wildman–Crippen LogP) is 0.749. The summed E-state index contributed by atoms with van der Waals surface area (Å²) < 4.78 is 0. The van der Waals surface area contributed by atoms with Gasteiger partial charge in [0.2, 0.25) is 5.91 Å². The standard InChI is InChI=1S/C13H17N3O2/c14-10-6-4-9(5-7-10)13(18)16-8-2-1-3-11(16)12(15)17/h4-7,11H,1-3,8,14H2,(H2,15,17). The van der Waals surface area contributed by atoms with Crippen molar-refractivity contribution in [2.45, 2.75) is 25.3 Å². The van der Waals surface area contributed by atoms with E-state index in [4.69, 9.17) is 11.5 Å². The van der Waals surface area contributed by atoms with Gasteiger partial charge in [0, 0.05) is 17.8 Å². The lowest BCUT2D eigenvalue weighted by Gasteiger charge is -2.33. The average molecular weight is 247 g/mol. The molecule has 0 bridgehead atoms. The van der Waals surface area contributed by atoms with Gasteiger partial charge in [-0.05, 0) is 43.5 Å². The molecule has 0 radical (unpaired) electrons. The first-order chi connectivity index (χ1) is 8.59. The smallest absolute Gasteiger partial charge is 0.254 e. The largest absolute Gasteiger partial charge is 0.399 e. The van der Waals surface area contributed by atoms with Crippen LogP contribution in [0.5, 0.6) is 0 Å². The first-order valence-electron chi connectivity index (χ1n) is 6.05. The van der Waals surface area contributed by atoms with Crippen LogP contribution < -0.4 is 11.5 Å². The van der Waals surface area contributed by atoms with Gasteiger partial charge in [-0.3, -0.25) is 9.59 Å². The lowest BCUT2D eigenvalue weighted by Crippen LogP contribution is -2.50. The minimum absolute atomic E-state index is 0.154. The Kier molecular flexibility index (Phi) is 3.50. The number of amides is 2. The van der Waals surface area contributed by atoms with E-state index in [1.165, 1.54) is 0 Å². The highest BCUT2D eigenvalue weighted by Gasteiger charge is 2.30. The Balaban J connectivity index is 2.20. The number of benzene rings is 1. The number of piperidine rings is 1. The third-order valence-electron chi connectivity index (χ3n) is 3.25. The molecule has 18 heavy (non-hydrogen) atoms. The van der Waals surface area contributed by atoms with Gasteiger partial charge in [-0.25, -0.2) is 0 Å². The van der Waals surface area contributed by atoms with E-state index in [1.807, 2.05) is 0 Å². The number of likely N-dealkylation sites (tertiary alicyclic amines) is 1. The average Bonchev–Trinajstić information content (AvgIpc) is 2.39. The summed E-state index contributed by atoms with van der Waals surface area (Å²) in [6.07, 6.45) is 2.49. The lowest BCUT2D eigenvalue weighted by atomic mass is 10.0. The van der Waals surface area contributed by atoms with E-state index in [0.717, 1.165) is 12.8 Å². The van der Waals surface area contributed by atoms with E-state index < -0.39 is 11.9 Å². The Morgan fingerprint density at radius 2 is 1.83 bits per heavy atom. The molecule has 1 unspecified atom stereocenters. The zero-order chi connectivity index (χ0) is 13.1. The molecule has 2 rings (SSSR count). The number of nitrogens with zero attached hydrogens (tertiary/aromatic N) is 1. The summed E-state index contributed by atoms with van der Waals surface area (Å²) in [5.74, 6) is -0.586. The topological polar surface area (TPSA) is 89.4 Å². The van der Waals surface area contributed by atoms with Gasteiger partial charge in [0.05, 0.1) is 0 Å². The van der Waals surface area contributed by atoms with Crippen molar-refractivity contribution in [3.8, 4) is 0 Å². The van der Waals surface area contributed by atoms with Crippen LogP contribution in [0.2, 0.25) is 0 Å². The van der Waals surface area contributed by atoms with Gasteiger partial charge >= 0.3 is 0 Å². The van der Waals surface area contributed by atoms with Crippen molar-refractivity contribution in [2.24, 2.45) is 5.73 Å². The number of carbonyl (C=O) groups excluding carboxylic acids is 2. The molecule has 1 heterocycles. The van der Waals surface area contributed by atoms with Crippen LogP contribution in [-0.2, 0) is 4.79 Å². The maximum absolute atomic E-state index is 12.3. The van der Waals surface area contributed by atoms with Gasteiger partial charge < -0.3 is 16.4 Å². The summed E-state index contributed by atoms with van der Waals surface area (Å²) in [5.41, 5.74) is 12.1. The number of rotatable bonds is 2. The molecule has 0 saturated carbocycles. The molecule has 2 amide bonds. The number of nitrogen functional groups attached to an aromatic ring is 1. The summed E-state index contributed by atoms with van der Waals surface area (Å²) in [4.78, 5) is 25.2. The highest BCUT2D eigenvalue weighted by atomic mass is 16.2. The van der Waals surface area contributed by atoms with Crippen LogP contribution in [0.25, 0.3) is 0 Å². The highest BCUT2D eigenvalue weighted by Crippen LogP contribution is 2.20. The fraction of sp³-hybridized carbons (Fsp3) is 0.385. The first-order valence-corrected chi connectivity index (χ1v) is 6.05. The Morgan fingerprint density at radius 1 is 1.17 bits per heavy atom. The van der Waals surface area contributed by atoms with E-state index in [1.54, 1.807) is 29.2 Å². The third-order valence-corrected chi connectivity index (χ3v) is 3.25. The van der Waals surface area contributed by atoms with Crippen LogP contribution >= 0.6 is 0 Å². The summed E-state index contributed by atoms with van der Waals surface area (Å²) in [5, 5.41) is 0. The van der Waals surface area contributed by atoms with Crippen molar-refractivity contribution in [1.29, 1.82) is 0 Å². The first kappa shape index (κ1) is 12.4. The summed E-state index contributed by atoms with van der Waals surface area (Å²) >= 11 is 0. The van der Waals surface area contributed by atoms with Crippen molar-refractivity contribution >= 4 is 17.5 Å². The fourth-order valence-corrected chi connectivity index (χ4v) is 2.26. The number of hydrogen-bond donors (Lipinski definition) is 2. The van der Waals surface area contributed by atoms with Crippen molar-refractivity contribution in [3.05, 3.63) is 29.8 Å². The molecule has 1 aromatic rings. The maximum atomic E-state index is 12.3. The second kappa shape index (κ2) is 5.08. The summed E-state index contributed by atoms with van der Waals surface area (Å²) in [6, 6.07) is 6.21. The fourth-order valence-electron chi connectivity index (χ4n) is 2.26. The Bertz CT molecular complexity index is 456. The summed E-state index contributed by atoms with van der Waals surface area (Å²) in [6.45, 7) is 0.580. The minimum Gasteiger partial charge on any atom is -0.399 e. The van der Waals surface area contributed by atoms with Crippen LogP contribution in [0.1, 0.15) is 29.6 Å². The van der Waals surface area contributed by atoms with Crippen LogP contribution in [0.4, 0.5) is 5.69 Å². The minimum atomic E-state index is -0.483. The molecule has 96 valence electrons. The zero-order valence-corrected chi connectivity index (χ0v) is 10.1. The maximum Gasteiger partial charge on any atom is 0.254 e. The van der Waals surface area contributed by atoms with Crippen molar-refractivity contribution < 1.29 is 9.59 Å². The zero-order valence-electron chi connectivity index (χ0n) is 10.1. The van der Waals surface area contributed by atoms with Crippen LogP contribution in [0, 0.1) is 0 Å². The molecule has 1 aromatic carbocycles. The van der Waals surface area contributed by atoms with Crippen molar-refractivity contribution in [2.75, 3.05) is 12.3 Å². The summed E-state index contributed by atoms with van der Waals surface area (Å²) in [7, 11) is 0. The monoisotopic (exact) mass is 247 g/mol. The number of nitrogens with two attached hydrogens (primary N) is 2. The van der Waals surface area contributed by atoms with E-state index in [2.05, 4.69) is 0 Å². The number of anilines is 1. The van der Waals surface area contributed by atoms with Crippen LogP contribution in [0.3, 0.4) is 0 Å². The molecular weight excluding hydrogens is 230 g/mol. The molecule has 5 heteroatoms. The Labute approximate surface area is 106 Å². The molecule has 4 N–H and O–H groups in total. The highest BCUT2D eigenvalue weighted by molar-refractivity contribution is 5.97. The van der Waals surface area contributed by atoms with E-state index in [9.17, 15) is 9.59 Å². The van der Waals surface area contributed by atoms with Gasteiger partial charge in [0.1, 0.15) is 6.04 Å². The van der Waals surface area contributed by atoms with Crippen molar-refractivity contribution in [1.82, 2.24) is 4.90 Å². The van der Waals surface area contributed by atoms with Crippen molar-refractivity contribution in [3.63, 3.8) is 0 Å². The molecule has 0 spiro atoms. The van der Waals surface area contributed by atoms with Gasteiger partial charge in [-0.2, -0.15) is 0 Å². The van der Waals surface area contributed by atoms with Gasteiger partial charge in [0.25, 0.3) is 5.91 Å². The van der Waals surface area contributed by atoms with Crippen LogP contribution in [-0.4, -0.2) is 29.3 Å². The lowest BCUT2D eigenvalue weighted by molar-refractivity contribution is -0.123. The van der Waals surface area contributed by atoms with Gasteiger partial charge in [0.15, 0.2) is 0 Å². The van der Waals surface area contributed by atoms with E-state index >= 15 is 0 Å². The molecular formula is C13H17N3O2. The molecule has 1 aliphatic heterocycles. The number of carbonyl (C=O) groups is 2. The number of primary amides is 1. The molecule has 0 aromatic heterocycles. The van der Waals surface area contributed by atoms with Gasteiger partial charge in [-0.15, -0.1) is 0 Å². The predicted molar refractivity (Wildman–Crippen MR) is 68.7 cm³/mol. The molecule has 1 saturated heterocycles. The third kappa shape index (κ3) is 2.45. The second-order valence-corrected chi connectivity index (χ2v) is 4.53. The van der Waals surface area contributed by atoms with Crippen LogP contribution in [0.15, 0.2) is 24.3 Å². The quantitative estimate of drug-likeness (QED) is 0.756. The van der Waals surface area contributed by atoms with E-state index in [0.29, 0.717) is 24.2 Å². The Hall–Kier alpha value is -2.04.